The highest BCUT2D eigenvalue weighted by Crippen LogP contribution is 2.09. The monoisotopic (exact) mass is 150 g/mol. The van der Waals surface area contributed by atoms with Crippen LogP contribution in [0.5, 0.6) is 0 Å². The van der Waals surface area contributed by atoms with Gasteiger partial charge >= 0.3 is 0 Å². The predicted octanol–water partition coefficient (Wildman–Crippen LogP) is 0.756. The first-order chi connectivity index (χ1) is 5.47. The molecule has 0 spiro atoms. The molecule has 11 heavy (non-hydrogen) atoms. The van der Waals surface area contributed by atoms with E-state index in [9.17, 15) is 0 Å². The van der Waals surface area contributed by atoms with Crippen molar-refractivity contribution in [1.29, 1.82) is 0 Å². The molecule has 0 aliphatic carbocycles. The van der Waals surface area contributed by atoms with Crippen molar-refractivity contribution in [2.75, 3.05) is 13.2 Å². The van der Waals surface area contributed by atoms with Gasteiger partial charge in [0.25, 0.3) is 0 Å². The van der Waals surface area contributed by atoms with Gasteiger partial charge in [0.15, 0.2) is 6.23 Å². The fourth-order valence-electron chi connectivity index (χ4n) is 1.15. The third kappa shape index (κ3) is 1.33. The minimum absolute atomic E-state index is 0.0856. The van der Waals surface area contributed by atoms with Crippen molar-refractivity contribution in [3.05, 3.63) is 24.5 Å². The maximum Gasteiger partial charge on any atom is 0.173 e. The number of nitrogens with zero attached hydrogens (tertiary/aromatic N) is 2. The van der Waals surface area contributed by atoms with Crippen LogP contribution in [0.15, 0.2) is 29.5 Å². The zero-order chi connectivity index (χ0) is 7.52. The number of aliphatic imine (C=N–C) groups is 1. The lowest BCUT2D eigenvalue weighted by molar-refractivity contribution is 0.0441. The summed E-state index contributed by atoms with van der Waals surface area (Å²) in [5, 5.41) is 0. The fraction of sp³-hybridized carbons (Fsp3) is 0.375. The molecule has 0 bridgehead atoms. The minimum Gasteiger partial charge on any atom is -0.479 e. The van der Waals surface area contributed by atoms with E-state index in [4.69, 9.17) is 4.74 Å². The Morgan fingerprint density at radius 3 is 3.09 bits per heavy atom. The Hall–Kier alpha value is -1.09. The normalized spacial score (nSPS) is 29.3. The molecule has 0 aromatic rings. The van der Waals surface area contributed by atoms with Crippen LogP contribution in [0.1, 0.15) is 0 Å². The van der Waals surface area contributed by atoms with Gasteiger partial charge in [-0.05, 0) is 12.2 Å². The summed E-state index contributed by atoms with van der Waals surface area (Å²) < 4.78 is 5.34. The summed E-state index contributed by atoms with van der Waals surface area (Å²) in [4.78, 5) is 6.24. The van der Waals surface area contributed by atoms with Crippen molar-refractivity contribution in [1.82, 2.24) is 4.90 Å². The molecule has 3 heteroatoms. The molecule has 0 radical (unpaired) electrons. The third-order valence-corrected chi connectivity index (χ3v) is 1.75. The van der Waals surface area contributed by atoms with Gasteiger partial charge in [-0.3, -0.25) is 4.99 Å². The third-order valence-electron chi connectivity index (χ3n) is 1.75. The summed E-state index contributed by atoms with van der Waals surface area (Å²) in [6.45, 7) is 1.64. The molecule has 0 aromatic carbocycles. The van der Waals surface area contributed by atoms with Crippen molar-refractivity contribution < 1.29 is 4.74 Å². The van der Waals surface area contributed by atoms with Crippen LogP contribution in [0.25, 0.3) is 0 Å². The standard InChI is InChI=1S/C8H10N2O/c1-2-6-11-8(3-1)10-5-4-9-7-10/h1-4,6,8H,5,7H2. The highest BCUT2D eigenvalue weighted by atomic mass is 16.5. The van der Waals surface area contributed by atoms with E-state index in [0.717, 1.165) is 13.2 Å². The summed E-state index contributed by atoms with van der Waals surface area (Å²) in [6.07, 6.45) is 9.61. The van der Waals surface area contributed by atoms with Crippen molar-refractivity contribution in [2.45, 2.75) is 6.23 Å². The van der Waals surface area contributed by atoms with Crippen LogP contribution in [-0.2, 0) is 4.74 Å². The lowest BCUT2D eigenvalue weighted by Gasteiger charge is -2.23. The van der Waals surface area contributed by atoms with E-state index in [0.29, 0.717) is 0 Å². The van der Waals surface area contributed by atoms with Crippen LogP contribution in [-0.4, -0.2) is 30.6 Å². The molecular formula is C8H10N2O. The summed E-state index contributed by atoms with van der Waals surface area (Å²) >= 11 is 0. The predicted molar refractivity (Wildman–Crippen MR) is 43.2 cm³/mol. The van der Waals surface area contributed by atoms with Gasteiger partial charge in [-0.15, -0.1) is 0 Å². The maximum atomic E-state index is 5.34. The smallest absolute Gasteiger partial charge is 0.173 e. The number of hydrogen-bond acceptors (Lipinski definition) is 3. The number of ether oxygens (including phenoxy) is 1. The van der Waals surface area contributed by atoms with Crippen molar-refractivity contribution >= 4 is 6.21 Å². The zero-order valence-corrected chi connectivity index (χ0v) is 6.18. The summed E-state index contributed by atoms with van der Waals surface area (Å²) in [5.41, 5.74) is 0. The highest BCUT2D eigenvalue weighted by molar-refractivity contribution is 5.61. The topological polar surface area (TPSA) is 24.8 Å². The number of allylic oxidation sites excluding steroid dienone is 2. The second kappa shape index (κ2) is 2.88. The Bertz CT molecular complexity index is 212. The van der Waals surface area contributed by atoms with Crippen LogP contribution in [0, 0.1) is 0 Å². The van der Waals surface area contributed by atoms with E-state index in [1.165, 1.54) is 0 Å². The number of hydrogen-bond donors (Lipinski definition) is 0. The van der Waals surface area contributed by atoms with Gasteiger partial charge in [0.05, 0.1) is 12.9 Å². The Labute approximate surface area is 65.7 Å². The molecule has 0 saturated carbocycles. The maximum absolute atomic E-state index is 5.34. The van der Waals surface area contributed by atoms with Crippen LogP contribution < -0.4 is 0 Å². The Morgan fingerprint density at radius 2 is 2.45 bits per heavy atom. The Morgan fingerprint density at radius 1 is 1.45 bits per heavy atom. The van der Waals surface area contributed by atoms with Gasteiger partial charge in [-0.2, -0.15) is 0 Å². The minimum atomic E-state index is 0.0856. The average Bonchev–Trinajstić information content (AvgIpc) is 2.58. The van der Waals surface area contributed by atoms with Crippen molar-refractivity contribution in [2.24, 2.45) is 4.99 Å². The average molecular weight is 150 g/mol. The van der Waals surface area contributed by atoms with E-state index < -0.39 is 0 Å². The molecule has 0 N–H and O–H groups in total. The SMILES string of the molecule is C1=COC(N2CC=NC2)C=C1. The Balaban J connectivity index is 1.95. The molecule has 2 aliphatic rings. The second-order valence-corrected chi connectivity index (χ2v) is 2.52. The molecule has 58 valence electrons. The molecule has 3 nitrogen and oxygen atoms in total. The van der Waals surface area contributed by atoms with E-state index >= 15 is 0 Å². The Kier molecular flexibility index (Phi) is 1.73. The molecule has 2 rings (SSSR count). The molecule has 2 heterocycles. The zero-order valence-electron chi connectivity index (χ0n) is 6.18. The fourth-order valence-corrected chi connectivity index (χ4v) is 1.15. The van der Waals surface area contributed by atoms with Gasteiger partial charge in [-0.25, -0.2) is 4.90 Å². The molecule has 0 amide bonds. The van der Waals surface area contributed by atoms with Crippen LogP contribution in [0.3, 0.4) is 0 Å². The van der Waals surface area contributed by atoms with E-state index in [2.05, 4.69) is 9.89 Å². The molecule has 1 unspecified atom stereocenters. The molecule has 0 aromatic heterocycles. The van der Waals surface area contributed by atoms with E-state index in [-0.39, 0.29) is 6.23 Å². The van der Waals surface area contributed by atoms with Gasteiger partial charge < -0.3 is 4.74 Å². The highest BCUT2D eigenvalue weighted by Gasteiger charge is 2.17. The first-order valence-corrected chi connectivity index (χ1v) is 3.68. The molecule has 2 aliphatic heterocycles. The molecule has 0 saturated heterocycles. The van der Waals surface area contributed by atoms with Gasteiger partial charge in [0, 0.05) is 12.8 Å². The summed E-state index contributed by atoms with van der Waals surface area (Å²) in [6, 6.07) is 0. The molecule has 0 fully saturated rings. The van der Waals surface area contributed by atoms with Crippen LogP contribution in [0.2, 0.25) is 0 Å². The van der Waals surface area contributed by atoms with Crippen LogP contribution >= 0.6 is 0 Å². The number of rotatable bonds is 1. The van der Waals surface area contributed by atoms with Crippen molar-refractivity contribution in [3.8, 4) is 0 Å². The van der Waals surface area contributed by atoms with E-state index in [1.807, 2.05) is 24.4 Å². The first-order valence-electron chi connectivity index (χ1n) is 3.68. The lowest BCUT2D eigenvalue weighted by Crippen LogP contribution is -2.33. The largest absolute Gasteiger partial charge is 0.479 e. The lowest BCUT2D eigenvalue weighted by atomic mass is 10.3. The summed E-state index contributed by atoms with van der Waals surface area (Å²) in [7, 11) is 0. The summed E-state index contributed by atoms with van der Waals surface area (Å²) in [5.74, 6) is 0. The molecular weight excluding hydrogens is 140 g/mol. The van der Waals surface area contributed by atoms with Gasteiger partial charge in [-0.1, -0.05) is 6.08 Å². The van der Waals surface area contributed by atoms with Crippen LogP contribution in [0.4, 0.5) is 0 Å². The molecule has 1 atom stereocenters. The second-order valence-electron chi connectivity index (χ2n) is 2.52. The van der Waals surface area contributed by atoms with Crippen molar-refractivity contribution in [3.63, 3.8) is 0 Å². The van der Waals surface area contributed by atoms with Gasteiger partial charge in [0.2, 0.25) is 0 Å². The first kappa shape index (κ1) is 6.61. The quantitative estimate of drug-likeness (QED) is 0.551. The van der Waals surface area contributed by atoms with E-state index in [1.54, 1.807) is 6.26 Å². The van der Waals surface area contributed by atoms with Gasteiger partial charge in [0.1, 0.15) is 0 Å².